The molecule has 0 spiro atoms. The molecule has 0 aromatic heterocycles. The second kappa shape index (κ2) is 8.24. The summed E-state index contributed by atoms with van der Waals surface area (Å²) in [5.41, 5.74) is 0.120. The molecule has 1 aromatic carbocycles. The van der Waals surface area contributed by atoms with E-state index >= 15 is 0 Å². The number of amides is 1. The van der Waals surface area contributed by atoms with Gasteiger partial charge in [-0.25, -0.2) is 9.18 Å². The summed E-state index contributed by atoms with van der Waals surface area (Å²) in [5, 5.41) is 2.66. The molecule has 2 rings (SSSR count). The number of benzene rings is 1. The van der Waals surface area contributed by atoms with Crippen molar-refractivity contribution in [3.05, 3.63) is 35.6 Å². The molecule has 0 bridgehead atoms. The van der Waals surface area contributed by atoms with Crippen LogP contribution in [-0.2, 0) is 14.3 Å². The number of esters is 1. The number of hydrogen-bond donors (Lipinski definition) is 1. The summed E-state index contributed by atoms with van der Waals surface area (Å²) in [6.07, 6.45) is 0.740. The van der Waals surface area contributed by atoms with Crippen LogP contribution in [-0.4, -0.2) is 43.5 Å². The quantitative estimate of drug-likeness (QED) is 0.809. The standard InChI is InChI=1S/C18H25FN2O3/c1-12(2)10-21-9-8-13(11-21)17(22)20-16(18(23)24-3)14-6-4-5-7-15(14)19/h4-7,12-13,16H,8-11H2,1-3H3,(H,20,22)/t13-,16-/m1/s1. The molecule has 1 aromatic rings. The van der Waals surface area contributed by atoms with Crippen LogP contribution in [0.2, 0.25) is 0 Å². The van der Waals surface area contributed by atoms with Gasteiger partial charge in [0, 0.05) is 18.7 Å². The number of ether oxygens (including phenoxy) is 1. The topological polar surface area (TPSA) is 58.6 Å². The lowest BCUT2D eigenvalue weighted by Crippen LogP contribution is -2.39. The second-order valence-electron chi connectivity index (χ2n) is 6.63. The number of methoxy groups -OCH3 is 1. The Kier molecular flexibility index (Phi) is 6.31. The molecule has 1 amide bonds. The van der Waals surface area contributed by atoms with Crippen LogP contribution in [0.3, 0.4) is 0 Å². The molecule has 1 fully saturated rings. The van der Waals surface area contributed by atoms with Gasteiger partial charge in [-0.3, -0.25) is 4.79 Å². The number of likely N-dealkylation sites (tertiary alicyclic amines) is 1. The fraction of sp³-hybridized carbons (Fsp3) is 0.556. The van der Waals surface area contributed by atoms with Gasteiger partial charge in [-0.05, 0) is 24.9 Å². The Hall–Kier alpha value is -1.95. The van der Waals surface area contributed by atoms with Crippen molar-refractivity contribution in [1.82, 2.24) is 10.2 Å². The van der Waals surface area contributed by atoms with E-state index in [0.29, 0.717) is 12.5 Å². The summed E-state index contributed by atoms with van der Waals surface area (Å²) in [6, 6.07) is 4.78. The van der Waals surface area contributed by atoms with E-state index in [9.17, 15) is 14.0 Å². The van der Waals surface area contributed by atoms with Crippen LogP contribution < -0.4 is 5.32 Å². The number of carbonyl (C=O) groups excluding carboxylic acids is 2. The fourth-order valence-corrected chi connectivity index (χ4v) is 3.08. The van der Waals surface area contributed by atoms with Crippen molar-refractivity contribution in [3.8, 4) is 0 Å². The SMILES string of the molecule is COC(=O)[C@H](NC(=O)[C@@H]1CCN(CC(C)C)C1)c1ccccc1F. The van der Waals surface area contributed by atoms with Crippen LogP contribution in [0.1, 0.15) is 31.9 Å². The van der Waals surface area contributed by atoms with Crippen molar-refractivity contribution >= 4 is 11.9 Å². The number of hydrogen-bond acceptors (Lipinski definition) is 4. The summed E-state index contributed by atoms with van der Waals surface area (Å²) in [7, 11) is 1.22. The lowest BCUT2D eigenvalue weighted by molar-refractivity contribution is -0.145. The monoisotopic (exact) mass is 336 g/mol. The highest BCUT2D eigenvalue weighted by molar-refractivity contribution is 5.87. The molecular weight excluding hydrogens is 311 g/mol. The lowest BCUT2D eigenvalue weighted by Gasteiger charge is -2.21. The molecule has 1 aliphatic heterocycles. The number of carbonyl (C=O) groups is 2. The molecule has 1 aliphatic rings. The largest absolute Gasteiger partial charge is 0.467 e. The highest BCUT2D eigenvalue weighted by Gasteiger charge is 2.33. The Bertz CT molecular complexity index is 591. The maximum absolute atomic E-state index is 14.0. The molecule has 1 saturated heterocycles. The van der Waals surface area contributed by atoms with E-state index in [1.165, 1.54) is 25.3 Å². The summed E-state index contributed by atoms with van der Waals surface area (Å²) in [5.74, 6) is -1.11. The molecule has 24 heavy (non-hydrogen) atoms. The van der Waals surface area contributed by atoms with Crippen molar-refractivity contribution in [3.63, 3.8) is 0 Å². The van der Waals surface area contributed by atoms with Crippen molar-refractivity contribution < 1.29 is 18.7 Å². The minimum atomic E-state index is -1.12. The highest BCUT2D eigenvalue weighted by Crippen LogP contribution is 2.22. The van der Waals surface area contributed by atoms with Gasteiger partial charge in [0.25, 0.3) is 0 Å². The van der Waals surface area contributed by atoms with E-state index in [-0.39, 0.29) is 17.4 Å². The molecule has 6 heteroatoms. The van der Waals surface area contributed by atoms with Crippen molar-refractivity contribution in [2.75, 3.05) is 26.7 Å². The third-order valence-corrected chi connectivity index (χ3v) is 4.21. The van der Waals surface area contributed by atoms with Crippen molar-refractivity contribution in [2.24, 2.45) is 11.8 Å². The summed E-state index contributed by atoms with van der Waals surface area (Å²) in [6.45, 7) is 6.74. The van der Waals surface area contributed by atoms with Gasteiger partial charge in [-0.15, -0.1) is 0 Å². The van der Waals surface area contributed by atoms with Gasteiger partial charge in [0.05, 0.1) is 13.0 Å². The van der Waals surface area contributed by atoms with E-state index < -0.39 is 17.8 Å². The van der Waals surface area contributed by atoms with Gasteiger partial charge < -0.3 is 15.0 Å². The van der Waals surface area contributed by atoms with Crippen LogP contribution in [0, 0.1) is 17.7 Å². The first-order chi connectivity index (χ1) is 11.4. The maximum Gasteiger partial charge on any atom is 0.333 e. The predicted octanol–water partition coefficient (Wildman–Crippen LogP) is 2.13. The van der Waals surface area contributed by atoms with Crippen LogP contribution in [0.4, 0.5) is 4.39 Å². The highest BCUT2D eigenvalue weighted by atomic mass is 19.1. The Labute approximate surface area is 142 Å². The summed E-state index contributed by atoms with van der Waals surface area (Å²) in [4.78, 5) is 26.8. The first-order valence-electron chi connectivity index (χ1n) is 8.27. The molecule has 2 atom stereocenters. The van der Waals surface area contributed by atoms with Crippen LogP contribution in [0.5, 0.6) is 0 Å². The Morgan fingerprint density at radius 2 is 2.08 bits per heavy atom. The zero-order chi connectivity index (χ0) is 17.7. The van der Waals surface area contributed by atoms with E-state index in [2.05, 4.69) is 24.1 Å². The van der Waals surface area contributed by atoms with E-state index in [0.717, 1.165) is 19.5 Å². The molecule has 0 radical (unpaired) electrons. The second-order valence-corrected chi connectivity index (χ2v) is 6.63. The smallest absolute Gasteiger partial charge is 0.333 e. The molecule has 0 unspecified atom stereocenters. The number of nitrogens with zero attached hydrogens (tertiary/aromatic N) is 1. The molecule has 0 aliphatic carbocycles. The number of halogens is 1. The maximum atomic E-state index is 14.0. The van der Waals surface area contributed by atoms with Crippen molar-refractivity contribution in [2.45, 2.75) is 26.3 Å². The first-order valence-corrected chi connectivity index (χ1v) is 8.27. The van der Waals surface area contributed by atoms with E-state index in [1.807, 2.05) is 0 Å². The summed E-state index contributed by atoms with van der Waals surface area (Å²) >= 11 is 0. The van der Waals surface area contributed by atoms with Crippen LogP contribution in [0.25, 0.3) is 0 Å². The minimum absolute atomic E-state index is 0.120. The molecule has 132 valence electrons. The molecule has 0 saturated carbocycles. The van der Waals surface area contributed by atoms with Crippen molar-refractivity contribution in [1.29, 1.82) is 0 Å². The molecule has 1 N–H and O–H groups in total. The van der Waals surface area contributed by atoms with Crippen LogP contribution in [0.15, 0.2) is 24.3 Å². The lowest BCUT2D eigenvalue weighted by atomic mass is 10.0. The van der Waals surface area contributed by atoms with E-state index in [4.69, 9.17) is 4.74 Å². The Balaban J connectivity index is 2.06. The zero-order valence-electron chi connectivity index (χ0n) is 14.4. The average molecular weight is 336 g/mol. The average Bonchev–Trinajstić information content (AvgIpc) is 3.00. The Morgan fingerprint density at radius 3 is 2.71 bits per heavy atom. The van der Waals surface area contributed by atoms with Gasteiger partial charge >= 0.3 is 5.97 Å². The van der Waals surface area contributed by atoms with Crippen LogP contribution >= 0.6 is 0 Å². The predicted molar refractivity (Wildman–Crippen MR) is 88.7 cm³/mol. The van der Waals surface area contributed by atoms with Gasteiger partial charge in [0.2, 0.25) is 5.91 Å². The summed E-state index contributed by atoms with van der Waals surface area (Å²) < 4.78 is 18.7. The third-order valence-electron chi connectivity index (χ3n) is 4.21. The molecular formula is C18H25FN2O3. The molecule has 1 heterocycles. The van der Waals surface area contributed by atoms with Gasteiger partial charge in [0.15, 0.2) is 6.04 Å². The minimum Gasteiger partial charge on any atom is -0.467 e. The van der Waals surface area contributed by atoms with Gasteiger partial charge in [0.1, 0.15) is 5.82 Å². The van der Waals surface area contributed by atoms with Gasteiger partial charge in [-0.2, -0.15) is 0 Å². The normalized spacial score (nSPS) is 19.3. The van der Waals surface area contributed by atoms with Gasteiger partial charge in [-0.1, -0.05) is 32.0 Å². The van der Waals surface area contributed by atoms with E-state index in [1.54, 1.807) is 6.07 Å². The molecule has 5 nitrogen and oxygen atoms in total. The number of nitrogens with one attached hydrogen (secondary N) is 1. The fourth-order valence-electron chi connectivity index (χ4n) is 3.08. The Morgan fingerprint density at radius 1 is 1.38 bits per heavy atom. The number of rotatable bonds is 6. The first kappa shape index (κ1) is 18.4. The third kappa shape index (κ3) is 4.54. The zero-order valence-corrected chi connectivity index (χ0v) is 14.4.